The van der Waals surface area contributed by atoms with Crippen molar-refractivity contribution in [3.63, 3.8) is 0 Å². The van der Waals surface area contributed by atoms with Gasteiger partial charge in [0.05, 0.1) is 0 Å². The highest BCUT2D eigenvalue weighted by atomic mass is 16.5. The lowest BCUT2D eigenvalue weighted by Gasteiger charge is -2.07. The van der Waals surface area contributed by atoms with Gasteiger partial charge in [0, 0.05) is 6.54 Å². The van der Waals surface area contributed by atoms with Crippen molar-refractivity contribution in [3.8, 4) is 12.0 Å². The summed E-state index contributed by atoms with van der Waals surface area (Å²) in [6.45, 7) is 6.54. The van der Waals surface area contributed by atoms with Crippen molar-refractivity contribution in [1.29, 1.82) is 0 Å². The second-order valence-corrected chi connectivity index (χ2v) is 3.21. The Morgan fingerprint density at radius 1 is 1.44 bits per heavy atom. The molecule has 18 heavy (non-hydrogen) atoms. The molecule has 8 nitrogen and oxygen atoms in total. The van der Waals surface area contributed by atoms with E-state index >= 15 is 0 Å². The van der Waals surface area contributed by atoms with Crippen LogP contribution in [0.3, 0.4) is 0 Å². The fraction of sp³-hybridized carbons (Fsp3) is 0.300. The lowest BCUT2D eigenvalue weighted by Crippen LogP contribution is -2.11. The summed E-state index contributed by atoms with van der Waals surface area (Å²) in [5, 5.41) is 6.96. The molecule has 0 saturated heterocycles. The Hall–Kier alpha value is -2.51. The van der Waals surface area contributed by atoms with Gasteiger partial charge >= 0.3 is 6.01 Å². The third-order valence-corrected chi connectivity index (χ3v) is 1.89. The lowest BCUT2D eigenvalue weighted by molar-refractivity contribution is 0.331. The van der Waals surface area contributed by atoms with Gasteiger partial charge in [-0.15, -0.1) is 0 Å². The second-order valence-electron chi connectivity index (χ2n) is 3.21. The van der Waals surface area contributed by atoms with Crippen molar-refractivity contribution in [1.82, 2.24) is 29.7 Å². The maximum Gasteiger partial charge on any atom is 0.323 e. The molecule has 2 heterocycles. The number of aromatic nitrogens is 6. The minimum atomic E-state index is 0.214. The van der Waals surface area contributed by atoms with Crippen molar-refractivity contribution in [2.24, 2.45) is 0 Å². The lowest BCUT2D eigenvalue weighted by atomic mass is 10.7. The van der Waals surface area contributed by atoms with E-state index in [1.807, 2.05) is 6.92 Å². The molecule has 94 valence electrons. The van der Waals surface area contributed by atoms with Crippen molar-refractivity contribution in [3.05, 3.63) is 25.3 Å². The van der Waals surface area contributed by atoms with E-state index in [9.17, 15) is 0 Å². The molecule has 0 aliphatic rings. The molecule has 0 saturated carbocycles. The molecule has 0 aliphatic heterocycles. The van der Waals surface area contributed by atoms with E-state index in [0.29, 0.717) is 25.0 Å². The first kappa shape index (κ1) is 12.0. The van der Waals surface area contributed by atoms with Crippen molar-refractivity contribution in [2.45, 2.75) is 6.92 Å². The van der Waals surface area contributed by atoms with Crippen LogP contribution < -0.4 is 10.1 Å². The maximum absolute atomic E-state index is 5.30. The van der Waals surface area contributed by atoms with Crippen molar-refractivity contribution < 1.29 is 4.74 Å². The average Bonchev–Trinajstić information content (AvgIpc) is 2.90. The topological polar surface area (TPSA) is 90.6 Å². The molecule has 0 atom stereocenters. The quantitative estimate of drug-likeness (QED) is 0.741. The first-order valence-electron chi connectivity index (χ1n) is 5.42. The largest absolute Gasteiger partial charge is 0.459 e. The standard InChI is InChI=1S/C10H13N7O/c1-3-5-18-10-15-8(12-4-2)14-9(16-10)17-7-11-6-13-17/h3,6-7H,1,4-5H2,2H3,(H,12,14,15,16). The Balaban J connectivity index is 2.33. The third-order valence-electron chi connectivity index (χ3n) is 1.89. The molecule has 0 radical (unpaired) electrons. The SMILES string of the molecule is C=CCOc1nc(NCC)nc(-n2cncn2)n1. The number of hydrogen-bond donors (Lipinski definition) is 1. The Morgan fingerprint density at radius 3 is 3.00 bits per heavy atom. The van der Waals surface area contributed by atoms with E-state index in [-0.39, 0.29) is 6.01 Å². The summed E-state index contributed by atoms with van der Waals surface area (Å²) in [5.41, 5.74) is 0. The van der Waals surface area contributed by atoms with Crippen molar-refractivity contribution in [2.75, 3.05) is 18.5 Å². The van der Waals surface area contributed by atoms with E-state index in [2.05, 4.69) is 36.9 Å². The minimum absolute atomic E-state index is 0.214. The van der Waals surface area contributed by atoms with Crippen LogP contribution in [0.5, 0.6) is 6.01 Å². The summed E-state index contributed by atoms with van der Waals surface area (Å²) in [6.07, 6.45) is 4.52. The Labute approximate surface area is 104 Å². The molecule has 8 heteroatoms. The number of rotatable bonds is 6. The Kier molecular flexibility index (Phi) is 3.79. The third kappa shape index (κ3) is 2.78. The van der Waals surface area contributed by atoms with E-state index in [0.717, 1.165) is 0 Å². The van der Waals surface area contributed by atoms with Crippen LogP contribution in [0, 0.1) is 0 Å². The Bertz CT molecular complexity index is 511. The van der Waals surface area contributed by atoms with Gasteiger partial charge in [-0.25, -0.2) is 4.98 Å². The molecule has 2 aromatic heterocycles. The van der Waals surface area contributed by atoms with E-state index < -0.39 is 0 Å². The molecular weight excluding hydrogens is 234 g/mol. The highest BCUT2D eigenvalue weighted by molar-refractivity contribution is 5.29. The van der Waals surface area contributed by atoms with Crippen LogP contribution in [0.2, 0.25) is 0 Å². The smallest absolute Gasteiger partial charge is 0.323 e. The monoisotopic (exact) mass is 247 g/mol. The number of anilines is 1. The van der Waals surface area contributed by atoms with Crippen molar-refractivity contribution >= 4 is 5.95 Å². The highest BCUT2D eigenvalue weighted by Crippen LogP contribution is 2.09. The molecule has 2 rings (SSSR count). The maximum atomic E-state index is 5.30. The van der Waals surface area contributed by atoms with Gasteiger partial charge in [0.1, 0.15) is 19.3 Å². The second kappa shape index (κ2) is 5.71. The van der Waals surface area contributed by atoms with Crippen LogP contribution in [0.4, 0.5) is 5.95 Å². The number of nitrogens with zero attached hydrogens (tertiary/aromatic N) is 6. The van der Waals surface area contributed by atoms with Gasteiger partial charge in [0.25, 0.3) is 5.95 Å². The zero-order valence-corrected chi connectivity index (χ0v) is 9.94. The van der Waals surface area contributed by atoms with Gasteiger partial charge in [-0.2, -0.15) is 24.7 Å². The molecule has 0 spiro atoms. The van der Waals surface area contributed by atoms with Gasteiger partial charge in [0.15, 0.2) is 0 Å². The molecule has 0 bridgehead atoms. The van der Waals surface area contributed by atoms with Crippen LogP contribution in [0.1, 0.15) is 6.92 Å². The molecule has 0 aromatic carbocycles. The fourth-order valence-electron chi connectivity index (χ4n) is 1.20. The first-order chi connectivity index (χ1) is 8.83. The number of ether oxygens (including phenoxy) is 1. The number of nitrogens with one attached hydrogen (secondary N) is 1. The fourth-order valence-corrected chi connectivity index (χ4v) is 1.20. The van der Waals surface area contributed by atoms with Gasteiger partial charge in [-0.05, 0) is 6.92 Å². The molecule has 0 unspecified atom stereocenters. The van der Waals surface area contributed by atoms with E-state index in [1.165, 1.54) is 17.3 Å². The van der Waals surface area contributed by atoms with Crippen LogP contribution in [-0.2, 0) is 0 Å². The van der Waals surface area contributed by atoms with E-state index in [1.54, 1.807) is 6.08 Å². The molecular formula is C10H13N7O. The predicted octanol–water partition coefficient (Wildman–Crippen LogP) is 0.449. The first-order valence-corrected chi connectivity index (χ1v) is 5.42. The zero-order chi connectivity index (χ0) is 12.8. The minimum Gasteiger partial charge on any atom is -0.459 e. The van der Waals surface area contributed by atoms with Crippen LogP contribution in [0.15, 0.2) is 25.3 Å². The van der Waals surface area contributed by atoms with Gasteiger partial charge in [-0.1, -0.05) is 12.7 Å². The molecule has 0 amide bonds. The summed E-state index contributed by atoms with van der Waals surface area (Å²) >= 11 is 0. The summed E-state index contributed by atoms with van der Waals surface area (Å²) in [6, 6.07) is 0.214. The number of hydrogen-bond acceptors (Lipinski definition) is 7. The Morgan fingerprint density at radius 2 is 2.33 bits per heavy atom. The van der Waals surface area contributed by atoms with Gasteiger partial charge in [0.2, 0.25) is 5.95 Å². The zero-order valence-electron chi connectivity index (χ0n) is 9.94. The van der Waals surface area contributed by atoms with Gasteiger partial charge in [-0.3, -0.25) is 0 Å². The molecule has 0 fully saturated rings. The molecule has 0 aliphatic carbocycles. The highest BCUT2D eigenvalue weighted by Gasteiger charge is 2.08. The molecule has 1 N–H and O–H groups in total. The summed E-state index contributed by atoms with van der Waals surface area (Å²) in [7, 11) is 0. The average molecular weight is 247 g/mol. The summed E-state index contributed by atoms with van der Waals surface area (Å²) < 4.78 is 6.73. The summed E-state index contributed by atoms with van der Waals surface area (Å²) in [5.74, 6) is 0.773. The van der Waals surface area contributed by atoms with Crippen LogP contribution >= 0.6 is 0 Å². The summed E-state index contributed by atoms with van der Waals surface area (Å²) in [4.78, 5) is 16.3. The molecule has 2 aromatic rings. The van der Waals surface area contributed by atoms with E-state index in [4.69, 9.17) is 4.74 Å². The van der Waals surface area contributed by atoms with Gasteiger partial charge < -0.3 is 10.1 Å². The normalized spacial score (nSPS) is 10.1. The van der Waals surface area contributed by atoms with Crippen LogP contribution in [-0.4, -0.2) is 42.9 Å². The predicted molar refractivity (Wildman–Crippen MR) is 64.6 cm³/mol. The van der Waals surface area contributed by atoms with Crippen LogP contribution in [0.25, 0.3) is 5.95 Å².